The van der Waals surface area contributed by atoms with Crippen LogP contribution in [0.15, 0.2) is 46.9 Å². The van der Waals surface area contributed by atoms with E-state index in [9.17, 15) is 20.2 Å². The molecule has 1 saturated heterocycles. The molecule has 1 aliphatic heterocycles. The number of nitro groups is 2. The van der Waals surface area contributed by atoms with Crippen molar-refractivity contribution in [1.82, 2.24) is 4.98 Å². The van der Waals surface area contributed by atoms with Crippen molar-refractivity contribution < 1.29 is 14.3 Å². The minimum Gasteiger partial charge on any atom is -0.440 e. The van der Waals surface area contributed by atoms with Gasteiger partial charge in [-0.25, -0.2) is 4.98 Å². The molecule has 1 aliphatic rings. The maximum atomic E-state index is 11.4. The third-order valence-corrected chi connectivity index (χ3v) is 4.86. The molecule has 0 bridgehead atoms. The number of fused-ring (bicyclic) bond motifs is 1. The molecule has 4 rings (SSSR count). The van der Waals surface area contributed by atoms with E-state index in [1.807, 2.05) is 29.2 Å². The first-order chi connectivity index (χ1) is 13.0. The number of benzene rings is 2. The summed E-state index contributed by atoms with van der Waals surface area (Å²) in [6.07, 6.45) is 1.47. The van der Waals surface area contributed by atoms with E-state index >= 15 is 0 Å². The van der Waals surface area contributed by atoms with Crippen LogP contribution < -0.4 is 4.90 Å². The Morgan fingerprint density at radius 2 is 1.78 bits per heavy atom. The predicted octanol–water partition coefficient (Wildman–Crippen LogP) is 4.03. The Morgan fingerprint density at radius 3 is 2.44 bits per heavy atom. The molecule has 0 atom stereocenters. The zero-order valence-electron chi connectivity index (χ0n) is 14.3. The Kier molecular flexibility index (Phi) is 4.19. The van der Waals surface area contributed by atoms with Crippen LogP contribution in [-0.4, -0.2) is 27.9 Å². The lowest BCUT2D eigenvalue weighted by Gasteiger charge is -2.31. The highest BCUT2D eigenvalue weighted by atomic mass is 16.6. The molecule has 0 N–H and O–H groups in total. The number of non-ortho nitro benzene ring substituents is 1. The summed E-state index contributed by atoms with van der Waals surface area (Å²) in [5, 5.41) is 22.2. The highest BCUT2D eigenvalue weighted by molar-refractivity contribution is 5.72. The first kappa shape index (κ1) is 17.0. The molecule has 0 saturated carbocycles. The van der Waals surface area contributed by atoms with Gasteiger partial charge < -0.3 is 9.32 Å². The molecule has 0 unspecified atom stereocenters. The van der Waals surface area contributed by atoms with Crippen LogP contribution in [0.3, 0.4) is 0 Å². The lowest BCUT2D eigenvalue weighted by atomic mass is 9.96. The molecule has 2 heterocycles. The van der Waals surface area contributed by atoms with Crippen LogP contribution in [0.2, 0.25) is 0 Å². The lowest BCUT2D eigenvalue weighted by Crippen LogP contribution is -2.33. The van der Waals surface area contributed by atoms with Gasteiger partial charge >= 0.3 is 0 Å². The molecule has 0 amide bonds. The second-order valence-corrected chi connectivity index (χ2v) is 6.47. The number of oxazole rings is 1. The minimum atomic E-state index is -0.629. The average molecular weight is 368 g/mol. The van der Waals surface area contributed by atoms with Gasteiger partial charge in [0.1, 0.15) is 11.2 Å². The van der Waals surface area contributed by atoms with Gasteiger partial charge in [0, 0.05) is 25.1 Å². The van der Waals surface area contributed by atoms with Crippen LogP contribution in [0.5, 0.6) is 0 Å². The molecule has 138 valence electrons. The van der Waals surface area contributed by atoms with Crippen LogP contribution in [0, 0.1) is 20.2 Å². The molecule has 3 aromatic rings. The average Bonchev–Trinajstić information content (AvgIpc) is 3.12. The third kappa shape index (κ3) is 3.19. The van der Waals surface area contributed by atoms with Gasteiger partial charge in [-0.1, -0.05) is 12.1 Å². The Labute approximate surface area is 153 Å². The topological polar surface area (TPSA) is 116 Å². The number of hydrogen-bond acceptors (Lipinski definition) is 7. The summed E-state index contributed by atoms with van der Waals surface area (Å²) in [4.78, 5) is 27.5. The highest BCUT2D eigenvalue weighted by Gasteiger charge is 2.29. The van der Waals surface area contributed by atoms with Crippen molar-refractivity contribution in [2.45, 2.75) is 18.8 Å². The van der Waals surface area contributed by atoms with E-state index in [2.05, 4.69) is 4.98 Å². The number of piperidine rings is 1. The second-order valence-electron chi connectivity index (χ2n) is 6.47. The van der Waals surface area contributed by atoms with Crippen molar-refractivity contribution in [3.05, 3.63) is 68.6 Å². The monoisotopic (exact) mass is 368 g/mol. The van der Waals surface area contributed by atoms with Crippen LogP contribution in [0.25, 0.3) is 11.1 Å². The summed E-state index contributed by atoms with van der Waals surface area (Å²) >= 11 is 0. The number of nitrogens with zero attached hydrogens (tertiary/aromatic N) is 4. The largest absolute Gasteiger partial charge is 0.440 e. The lowest BCUT2D eigenvalue weighted by molar-refractivity contribution is -0.393. The molecule has 9 nitrogen and oxygen atoms in total. The van der Waals surface area contributed by atoms with Gasteiger partial charge in [-0.15, -0.1) is 0 Å². The van der Waals surface area contributed by atoms with Gasteiger partial charge in [0.15, 0.2) is 11.5 Å². The van der Waals surface area contributed by atoms with E-state index in [0.29, 0.717) is 24.7 Å². The van der Waals surface area contributed by atoms with Crippen molar-refractivity contribution >= 4 is 28.2 Å². The standard InChI is InChI=1S/C18H16N4O5/c23-21(24)13-5-6-15(16(11-13)22(25)26)20-9-7-12(8-10-20)18-19-14-3-1-2-4-17(14)27-18/h1-6,11-12H,7-10H2. The zero-order valence-corrected chi connectivity index (χ0v) is 14.3. The first-order valence-electron chi connectivity index (χ1n) is 8.56. The van der Waals surface area contributed by atoms with Crippen molar-refractivity contribution in [1.29, 1.82) is 0 Å². The fourth-order valence-electron chi connectivity index (χ4n) is 3.47. The molecular formula is C18H16N4O5. The summed E-state index contributed by atoms with van der Waals surface area (Å²) in [5.41, 5.74) is 1.44. The van der Waals surface area contributed by atoms with Gasteiger partial charge in [-0.3, -0.25) is 20.2 Å². The molecule has 0 spiro atoms. The second kappa shape index (κ2) is 6.67. The van der Waals surface area contributed by atoms with Gasteiger partial charge in [0.05, 0.1) is 15.9 Å². The van der Waals surface area contributed by atoms with Crippen molar-refractivity contribution in [3.63, 3.8) is 0 Å². The quantitative estimate of drug-likeness (QED) is 0.504. The summed E-state index contributed by atoms with van der Waals surface area (Å²) in [7, 11) is 0. The fraction of sp³-hybridized carbons (Fsp3) is 0.278. The first-order valence-corrected chi connectivity index (χ1v) is 8.56. The molecule has 1 aromatic heterocycles. The summed E-state index contributed by atoms with van der Waals surface area (Å²) in [5.74, 6) is 0.833. The van der Waals surface area contributed by atoms with E-state index in [0.717, 1.165) is 30.0 Å². The molecule has 1 fully saturated rings. The third-order valence-electron chi connectivity index (χ3n) is 4.86. The van der Waals surface area contributed by atoms with E-state index in [1.165, 1.54) is 12.1 Å². The Hall–Kier alpha value is -3.49. The Balaban J connectivity index is 1.53. The normalized spacial score (nSPS) is 15.2. The summed E-state index contributed by atoms with van der Waals surface area (Å²) in [6, 6.07) is 11.4. The minimum absolute atomic E-state index is 0.144. The number of para-hydroxylation sites is 2. The SMILES string of the molecule is O=[N+]([O-])c1ccc(N2CCC(c3nc4ccccc4o3)CC2)c([N+](=O)[O-])c1. The summed E-state index contributed by atoms with van der Waals surface area (Å²) in [6.45, 7) is 1.17. The van der Waals surface area contributed by atoms with Crippen molar-refractivity contribution in [2.24, 2.45) is 0 Å². The van der Waals surface area contributed by atoms with Gasteiger partial charge in [-0.05, 0) is 31.0 Å². The van der Waals surface area contributed by atoms with E-state index < -0.39 is 9.85 Å². The maximum absolute atomic E-state index is 11.4. The molecular weight excluding hydrogens is 352 g/mol. The molecule has 0 radical (unpaired) electrons. The smallest absolute Gasteiger partial charge is 0.299 e. The number of aromatic nitrogens is 1. The van der Waals surface area contributed by atoms with Crippen molar-refractivity contribution in [3.8, 4) is 0 Å². The number of rotatable bonds is 4. The number of nitro benzene ring substituents is 2. The zero-order chi connectivity index (χ0) is 19.0. The Bertz CT molecular complexity index is 991. The summed E-state index contributed by atoms with van der Waals surface area (Å²) < 4.78 is 5.84. The maximum Gasteiger partial charge on any atom is 0.299 e. The van der Waals surface area contributed by atoms with Crippen LogP contribution in [0.4, 0.5) is 17.1 Å². The molecule has 0 aliphatic carbocycles. The molecule has 27 heavy (non-hydrogen) atoms. The van der Waals surface area contributed by atoms with E-state index in [1.54, 1.807) is 0 Å². The van der Waals surface area contributed by atoms with Crippen LogP contribution in [-0.2, 0) is 0 Å². The highest BCUT2D eigenvalue weighted by Crippen LogP contribution is 2.36. The van der Waals surface area contributed by atoms with E-state index in [-0.39, 0.29) is 17.3 Å². The van der Waals surface area contributed by atoms with Gasteiger partial charge in [-0.2, -0.15) is 0 Å². The van der Waals surface area contributed by atoms with E-state index in [4.69, 9.17) is 4.42 Å². The Morgan fingerprint density at radius 1 is 1.04 bits per heavy atom. The van der Waals surface area contributed by atoms with Gasteiger partial charge in [0.25, 0.3) is 11.4 Å². The molecule has 9 heteroatoms. The molecule has 2 aromatic carbocycles. The fourth-order valence-corrected chi connectivity index (χ4v) is 3.47. The van der Waals surface area contributed by atoms with Crippen molar-refractivity contribution in [2.75, 3.05) is 18.0 Å². The number of anilines is 1. The number of hydrogen-bond donors (Lipinski definition) is 0. The van der Waals surface area contributed by atoms with Crippen LogP contribution >= 0.6 is 0 Å². The predicted molar refractivity (Wildman–Crippen MR) is 97.9 cm³/mol. The van der Waals surface area contributed by atoms with Gasteiger partial charge in [0.2, 0.25) is 0 Å². The van der Waals surface area contributed by atoms with Crippen LogP contribution in [0.1, 0.15) is 24.7 Å².